The van der Waals surface area contributed by atoms with Crippen LogP contribution in [0.1, 0.15) is 22.6 Å². The number of carbonyl (C=O) groups is 2. The van der Waals surface area contributed by atoms with Gasteiger partial charge < -0.3 is 10.0 Å². The van der Waals surface area contributed by atoms with Crippen LogP contribution in [-0.4, -0.2) is 32.9 Å². The molecule has 0 spiro atoms. The number of carbonyl (C=O) groups excluding carboxylic acids is 1. The first-order valence-corrected chi connectivity index (χ1v) is 9.37. The summed E-state index contributed by atoms with van der Waals surface area (Å²) >= 11 is 1.58. The van der Waals surface area contributed by atoms with Gasteiger partial charge in [-0.1, -0.05) is 36.4 Å². The van der Waals surface area contributed by atoms with Gasteiger partial charge in [0.15, 0.2) is 0 Å². The number of carboxylic acid groups (broad SMARTS) is 1. The first kappa shape index (κ1) is 16.7. The summed E-state index contributed by atoms with van der Waals surface area (Å²) in [5.41, 5.74) is 2.98. The topological polar surface area (TPSA) is 70.5 Å². The number of aliphatic carboxylic acids is 1. The highest BCUT2D eigenvalue weighted by Crippen LogP contribution is 2.26. The second-order valence-electron chi connectivity index (χ2n) is 6.42. The molecule has 1 aromatic heterocycles. The number of aromatic nitrogens is 1. The molecule has 1 N–H and O–H groups in total. The molecule has 2 aromatic carbocycles. The van der Waals surface area contributed by atoms with Crippen molar-refractivity contribution in [3.8, 4) is 0 Å². The molecule has 4 rings (SSSR count). The molecule has 1 aliphatic heterocycles. The molecule has 26 heavy (non-hydrogen) atoms. The average molecular weight is 366 g/mol. The number of aryl methyl sites for hydroxylation is 1. The summed E-state index contributed by atoms with van der Waals surface area (Å²) in [5.74, 6) is -1.08. The summed E-state index contributed by atoms with van der Waals surface area (Å²) in [6, 6.07) is 14.8. The fraction of sp³-hybridized carbons (Fsp3) is 0.250. The number of fused-ring (bicyclic) bond motifs is 2. The Morgan fingerprint density at radius 3 is 2.62 bits per heavy atom. The van der Waals surface area contributed by atoms with Crippen molar-refractivity contribution in [1.82, 2.24) is 9.88 Å². The van der Waals surface area contributed by atoms with E-state index in [1.807, 2.05) is 48.5 Å². The predicted molar refractivity (Wildman–Crippen MR) is 100 cm³/mol. The molecule has 1 amide bonds. The van der Waals surface area contributed by atoms with Gasteiger partial charge in [0.05, 0.1) is 15.2 Å². The van der Waals surface area contributed by atoms with Crippen LogP contribution in [0.2, 0.25) is 0 Å². The fourth-order valence-corrected chi connectivity index (χ4v) is 4.36. The Hall–Kier alpha value is -2.73. The Balaban J connectivity index is 1.50. The third-order valence-corrected chi connectivity index (χ3v) is 5.84. The summed E-state index contributed by atoms with van der Waals surface area (Å²) in [6.07, 6.45) is 1.16. The number of carboxylic acids is 1. The zero-order valence-corrected chi connectivity index (χ0v) is 14.9. The Morgan fingerprint density at radius 2 is 1.85 bits per heavy atom. The summed E-state index contributed by atoms with van der Waals surface area (Å²) in [5, 5.41) is 10.5. The van der Waals surface area contributed by atoms with E-state index >= 15 is 0 Å². The van der Waals surface area contributed by atoms with E-state index in [1.165, 1.54) is 4.90 Å². The minimum atomic E-state index is -0.951. The van der Waals surface area contributed by atoms with Gasteiger partial charge in [0, 0.05) is 25.8 Å². The minimum Gasteiger partial charge on any atom is -0.480 e. The van der Waals surface area contributed by atoms with E-state index in [4.69, 9.17) is 0 Å². The molecule has 0 saturated carbocycles. The van der Waals surface area contributed by atoms with Gasteiger partial charge in [0.2, 0.25) is 5.91 Å². The molecule has 1 aliphatic rings. The van der Waals surface area contributed by atoms with E-state index in [2.05, 4.69) is 4.98 Å². The van der Waals surface area contributed by atoms with E-state index in [9.17, 15) is 14.7 Å². The van der Waals surface area contributed by atoms with E-state index in [-0.39, 0.29) is 12.3 Å². The Labute approximate surface area is 154 Å². The van der Waals surface area contributed by atoms with Crippen LogP contribution in [0, 0.1) is 0 Å². The van der Waals surface area contributed by atoms with Crippen LogP contribution >= 0.6 is 11.3 Å². The third-order valence-electron chi connectivity index (χ3n) is 4.74. The van der Waals surface area contributed by atoms with Crippen molar-refractivity contribution >= 4 is 33.4 Å². The van der Waals surface area contributed by atoms with Crippen LogP contribution in [0.15, 0.2) is 48.5 Å². The van der Waals surface area contributed by atoms with E-state index in [0.29, 0.717) is 19.4 Å². The van der Waals surface area contributed by atoms with E-state index < -0.39 is 12.0 Å². The maximum absolute atomic E-state index is 12.8. The molecule has 0 aliphatic carbocycles. The van der Waals surface area contributed by atoms with Crippen LogP contribution in [0.5, 0.6) is 0 Å². The fourth-order valence-electron chi connectivity index (χ4n) is 3.39. The number of thiazole rings is 1. The van der Waals surface area contributed by atoms with E-state index in [0.717, 1.165) is 26.4 Å². The molecule has 1 atom stereocenters. The molecule has 1 unspecified atom stereocenters. The normalized spacial score (nSPS) is 16.5. The maximum Gasteiger partial charge on any atom is 0.326 e. The molecule has 6 heteroatoms. The Bertz CT molecular complexity index is 949. The van der Waals surface area contributed by atoms with Crippen molar-refractivity contribution in [2.45, 2.75) is 31.8 Å². The van der Waals surface area contributed by atoms with Crippen LogP contribution in [0.25, 0.3) is 10.2 Å². The van der Waals surface area contributed by atoms with Crippen molar-refractivity contribution < 1.29 is 14.7 Å². The molecule has 0 fully saturated rings. The van der Waals surface area contributed by atoms with Crippen LogP contribution in [0.3, 0.4) is 0 Å². The van der Waals surface area contributed by atoms with Gasteiger partial charge >= 0.3 is 5.97 Å². The molecule has 5 nitrogen and oxygen atoms in total. The lowest BCUT2D eigenvalue weighted by Crippen LogP contribution is -2.48. The molecule has 0 saturated heterocycles. The molecule has 0 radical (unpaired) electrons. The van der Waals surface area contributed by atoms with Crippen LogP contribution < -0.4 is 0 Å². The number of hydrogen-bond acceptors (Lipinski definition) is 4. The van der Waals surface area contributed by atoms with Gasteiger partial charge in [-0.25, -0.2) is 9.78 Å². The van der Waals surface area contributed by atoms with Gasteiger partial charge in [0.1, 0.15) is 6.04 Å². The summed E-state index contributed by atoms with van der Waals surface area (Å²) in [6.45, 7) is 0.353. The summed E-state index contributed by atoms with van der Waals surface area (Å²) < 4.78 is 1.10. The highest BCUT2D eigenvalue weighted by atomic mass is 32.1. The van der Waals surface area contributed by atoms with Crippen molar-refractivity contribution in [2.75, 3.05) is 0 Å². The first-order chi connectivity index (χ1) is 12.6. The third kappa shape index (κ3) is 3.20. The number of hydrogen-bond donors (Lipinski definition) is 1. The second kappa shape index (κ2) is 6.88. The number of nitrogens with zero attached hydrogens (tertiary/aromatic N) is 2. The summed E-state index contributed by atoms with van der Waals surface area (Å²) in [7, 11) is 0. The lowest BCUT2D eigenvalue weighted by atomic mass is 9.93. The van der Waals surface area contributed by atoms with Gasteiger partial charge in [-0.2, -0.15) is 0 Å². The lowest BCUT2D eigenvalue weighted by Gasteiger charge is -2.34. The molecule has 2 heterocycles. The number of rotatable bonds is 4. The van der Waals surface area contributed by atoms with Crippen LogP contribution in [-0.2, 0) is 29.0 Å². The molecule has 3 aromatic rings. The second-order valence-corrected chi connectivity index (χ2v) is 7.54. The van der Waals surface area contributed by atoms with Crippen molar-refractivity contribution in [2.24, 2.45) is 0 Å². The van der Waals surface area contributed by atoms with Gasteiger partial charge in [-0.15, -0.1) is 11.3 Å². The molecule has 132 valence electrons. The number of benzene rings is 2. The predicted octanol–water partition coefficient (Wildman–Crippen LogP) is 3.27. The smallest absolute Gasteiger partial charge is 0.326 e. The monoisotopic (exact) mass is 366 g/mol. The number of para-hydroxylation sites is 1. The summed E-state index contributed by atoms with van der Waals surface area (Å²) in [4.78, 5) is 30.5. The molecular weight excluding hydrogens is 348 g/mol. The van der Waals surface area contributed by atoms with Crippen LogP contribution in [0.4, 0.5) is 0 Å². The minimum absolute atomic E-state index is 0.133. The standard InChI is InChI=1S/C20H18N2O3S/c23-19(10-9-18-21-15-7-3-4-8-17(15)26-18)22-12-14-6-2-1-5-13(14)11-16(22)20(24)25/h1-8,16H,9-12H2,(H,24,25). The quantitative estimate of drug-likeness (QED) is 0.769. The Morgan fingerprint density at radius 1 is 1.12 bits per heavy atom. The Kier molecular flexibility index (Phi) is 4.42. The van der Waals surface area contributed by atoms with Crippen molar-refractivity contribution in [3.63, 3.8) is 0 Å². The molecule has 0 bridgehead atoms. The average Bonchev–Trinajstić information content (AvgIpc) is 3.08. The highest BCUT2D eigenvalue weighted by Gasteiger charge is 2.34. The first-order valence-electron chi connectivity index (χ1n) is 8.55. The number of amides is 1. The van der Waals surface area contributed by atoms with Gasteiger partial charge in [-0.3, -0.25) is 4.79 Å². The largest absolute Gasteiger partial charge is 0.480 e. The highest BCUT2D eigenvalue weighted by molar-refractivity contribution is 7.18. The van der Waals surface area contributed by atoms with Crippen molar-refractivity contribution in [3.05, 3.63) is 64.7 Å². The zero-order valence-electron chi connectivity index (χ0n) is 14.1. The maximum atomic E-state index is 12.8. The van der Waals surface area contributed by atoms with Crippen molar-refractivity contribution in [1.29, 1.82) is 0 Å². The van der Waals surface area contributed by atoms with E-state index in [1.54, 1.807) is 11.3 Å². The lowest BCUT2D eigenvalue weighted by molar-refractivity contribution is -0.151. The van der Waals surface area contributed by atoms with Gasteiger partial charge in [-0.05, 0) is 23.3 Å². The zero-order chi connectivity index (χ0) is 18.1. The SMILES string of the molecule is O=C(O)C1Cc2ccccc2CN1C(=O)CCc1nc2ccccc2s1. The van der Waals surface area contributed by atoms with Gasteiger partial charge in [0.25, 0.3) is 0 Å². The molecular formula is C20H18N2O3S.